The van der Waals surface area contributed by atoms with E-state index in [1.807, 2.05) is 0 Å². The molecule has 3 fully saturated rings. The van der Waals surface area contributed by atoms with Crippen LogP contribution >= 0.6 is 0 Å². The molecule has 0 aromatic heterocycles. The molecular formula is C14H20N2O4. The number of nitrogens with zero attached hydrogens (tertiary/aromatic N) is 2. The van der Waals surface area contributed by atoms with Crippen LogP contribution in [0.25, 0.3) is 0 Å². The lowest BCUT2D eigenvalue weighted by Crippen LogP contribution is -2.25. The molecule has 0 aromatic carbocycles. The molecule has 0 aromatic rings. The van der Waals surface area contributed by atoms with Crippen molar-refractivity contribution < 1.29 is 19.2 Å². The van der Waals surface area contributed by atoms with Crippen molar-refractivity contribution in [1.29, 1.82) is 0 Å². The van der Waals surface area contributed by atoms with Crippen LogP contribution in [0.3, 0.4) is 0 Å². The third kappa shape index (κ3) is 2.59. The summed E-state index contributed by atoms with van der Waals surface area (Å²) >= 11 is 0. The van der Waals surface area contributed by atoms with E-state index in [2.05, 4.69) is 0 Å². The molecule has 4 amide bonds. The fourth-order valence-electron chi connectivity index (χ4n) is 3.02. The molecule has 2 saturated heterocycles. The second kappa shape index (κ2) is 5.73. The molecule has 0 N–H and O–H groups in total. The third-order valence-corrected chi connectivity index (χ3v) is 4.36. The smallest absolute Gasteiger partial charge is 0.232 e. The van der Waals surface area contributed by atoms with Crippen LogP contribution in [-0.4, -0.2) is 47.5 Å². The summed E-state index contributed by atoms with van der Waals surface area (Å²) in [6.45, 7) is 0. The minimum absolute atomic E-state index is 0.0243. The van der Waals surface area contributed by atoms with Crippen molar-refractivity contribution in [1.82, 2.24) is 9.80 Å². The van der Waals surface area contributed by atoms with Gasteiger partial charge < -0.3 is 0 Å². The van der Waals surface area contributed by atoms with Crippen LogP contribution in [-0.2, 0) is 19.2 Å². The first-order valence-corrected chi connectivity index (χ1v) is 7.04. The maximum absolute atomic E-state index is 11.5. The van der Waals surface area contributed by atoms with Gasteiger partial charge >= 0.3 is 0 Å². The van der Waals surface area contributed by atoms with Gasteiger partial charge in [0.05, 0.1) is 11.8 Å². The van der Waals surface area contributed by atoms with Crippen LogP contribution in [0.1, 0.15) is 38.5 Å². The molecule has 6 heteroatoms. The van der Waals surface area contributed by atoms with Gasteiger partial charge in [0.2, 0.25) is 23.6 Å². The van der Waals surface area contributed by atoms with Crippen LogP contribution in [0.4, 0.5) is 0 Å². The van der Waals surface area contributed by atoms with Gasteiger partial charge in [-0.05, 0) is 12.8 Å². The first kappa shape index (κ1) is 14.7. The first-order valence-electron chi connectivity index (χ1n) is 7.04. The van der Waals surface area contributed by atoms with Crippen LogP contribution in [0.15, 0.2) is 0 Å². The van der Waals surface area contributed by atoms with E-state index in [1.165, 1.54) is 16.8 Å². The van der Waals surface area contributed by atoms with Crippen LogP contribution < -0.4 is 0 Å². The Labute approximate surface area is 118 Å². The largest absolute Gasteiger partial charge is 0.286 e. The number of amides is 4. The fourth-order valence-corrected chi connectivity index (χ4v) is 3.02. The summed E-state index contributed by atoms with van der Waals surface area (Å²) in [5, 5.41) is 0. The lowest BCUT2D eigenvalue weighted by Gasteiger charge is -2.19. The SMILES string of the molecule is CN1C(=O)C2CCCCC2C1=O.CN1C(=O)CCC1=O. The molecule has 1 saturated carbocycles. The van der Waals surface area contributed by atoms with Gasteiger partial charge in [-0.1, -0.05) is 12.8 Å². The van der Waals surface area contributed by atoms with Crippen molar-refractivity contribution >= 4 is 23.6 Å². The Bertz CT molecular complexity index is 420. The van der Waals surface area contributed by atoms with Crippen LogP contribution in [0.5, 0.6) is 0 Å². The molecule has 3 rings (SSSR count). The average molecular weight is 280 g/mol. The van der Waals surface area contributed by atoms with E-state index in [1.54, 1.807) is 7.05 Å². The summed E-state index contributed by atoms with van der Waals surface area (Å²) in [5.41, 5.74) is 0. The Morgan fingerprint density at radius 1 is 0.750 bits per heavy atom. The van der Waals surface area contributed by atoms with Crippen molar-refractivity contribution in [3.63, 3.8) is 0 Å². The summed E-state index contributed by atoms with van der Waals surface area (Å²) in [7, 11) is 3.11. The van der Waals surface area contributed by atoms with Gasteiger partial charge in [-0.3, -0.25) is 29.0 Å². The number of fused-ring (bicyclic) bond motifs is 1. The third-order valence-electron chi connectivity index (χ3n) is 4.36. The quantitative estimate of drug-likeness (QED) is 0.608. The van der Waals surface area contributed by atoms with Crippen molar-refractivity contribution in [2.75, 3.05) is 14.1 Å². The Balaban J connectivity index is 0.000000160. The van der Waals surface area contributed by atoms with Crippen LogP contribution in [0, 0.1) is 11.8 Å². The molecule has 1 aliphatic carbocycles. The van der Waals surface area contributed by atoms with Gasteiger partial charge in [0, 0.05) is 26.9 Å². The van der Waals surface area contributed by atoms with E-state index in [0.717, 1.165) is 25.7 Å². The summed E-state index contributed by atoms with van der Waals surface area (Å²) in [4.78, 5) is 46.4. The lowest BCUT2D eigenvalue weighted by atomic mass is 9.81. The standard InChI is InChI=1S/C9H13NO2.C5H7NO2/c1-10-8(11)6-4-2-3-5-7(6)9(10)12;1-6-4(7)2-3-5(6)8/h6-7H,2-5H2,1H3;2-3H2,1H3. The molecule has 20 heavy (non-hydrogen) atoms. The number of carbonyl (C=O) groups excluding carboxylic acids is 4. The highest BCUT2D eigenvalue weighted by Crippen LogP contribution is 2.37. The minimum Gasteiger partial charge on any atom is -0.286 e. The number of hydrogen-bond acceptors (Lipinski definition) is 4. The predicted octanol–water partition coefficient (Wildman–Crippen LogP) is 0.557. The Hall–Kier alpha value is -1.72. The molecule has 2 unspecified atom stereocenters. The highest BCUT2D eigenvalue weighted by Gasteiger charge is 2.46. The van der Waals surface area contributed by atoms with Gasteiger partial charge in [0.1, 0.15) is 0 Å². The Morgan fingerprint density at radius 3 is 1.45 bits per heavy atom. The fraction of sp³-hybridized carbons (Fsp3) is 0.714. The number of carbonyl (C=O) groups is 4. The molecule has 2 aliphatic heterocycles. The van der Waals surface area contributed by atoms with Gasteiger partial charge in [-0.25, -0.2) is 0 Å². The highest BCUT2D eigenvalue weighted by molar-refractivity contribution is 6.04. The zero-order valence-electron chi connectivity index (χ0n) is 11.9. The molecule has 0 spiro atoms. The van der Waals surface area contributed by atoms with E-state index >= 15 is 0 Å². The molecule has 0 bridgehead atoms. The van der Waals surface area contributed by atoms with E-state index in [9.17, 15) is 19.2 Å². The van der Waals surface area contributed by atoms with Crippen molar-refractivity contribution in [3.05, 3.63) is 0 Å². The molecule has 6 nitrogen and oxygen atoms in total. The minimum atomic E-state index is -0.0602. The summed E-state index contributed by atoms with van der Waals surface area (Å²) in [6, 6.07) is 0. The number of rotatable bonds is 0. The second-order valence-corrected chi connectivity index (χ2v) is 5.58. The number of hydrogen-bond donors (Lipinski definition) is 0. The van der Waals surface area contributed by atoms with Gasteiger partial charge in [-0.15, -0.1) is 0 Å². The van der Waals surface area contributed by atoms with Crippen LogP contribution in [0.2, 0.25) is 0 Å². The Kier molecular flexibility index (Phi) is 4.20. The van der Waals surface area contributed by atoms with E-state index in [-0.39, 0.29) is 35.5 Å². The van der Waals surface area contributed by atoms with E-state index in [0.29, 0.717) is 12.8 Å². The van der Waals surface area contributed by atoms with E-state index in [4.69, 9.17) is 0 Å². The lowest BCUT2D eigenvalue weighted by molar-refractivity contribution is -0.139. The van der Waals surface area contributed by atoms with Gasteiger partial charge in [0.15, 0.2) is 0 Å². The maximum Gasteiger partial charge on any atom is 0.232 e. The number of imide groups is 2. The normalized spacial score (nSPS) is 29.5. The Morgan fingerprint density at radius 2 is 1.15 bits per heavy atom. The zero-order valence-corrected chi connectivity index (χ0v) is 11.9. The summed E-state index contributed by atoms with van der Waals surface area (Å²) in [6.07, 6.45) is 4.84. The average Bonchev–Trinajstić information content (AvgIpc) is 2.87. The highest BCUT2D eigenvalue weighted by atomic mass is 16.2. The maximum atomic E-state index is 11.5. The molecule has 3 aliphatic rings. The molecule has 110 valence electrons. The van der Waals surface area contributed by atoms with E-state index < -0.39 is 0 Å². The van der Waals surface area contributed by atoms with Crippen molar-refractivity contribution in [3.8, 4) is 0 Å². The van der Waals surface area contributed by atoms with Crippen molar-refractivity contribution in [2.45, 2.75) is 38.5 Å². The molecule has 0 radical (unpaired) electrons. The predicted molar refractivity (Wildman–Crippen MR) is 70.2 cm³/mol. The molecular weight excluding hydrogens is 260 g/mol. The van der Waals surface area contributed by atoms with Crippen molar-refractivity contribution in [2.24, 2.45) is 11.8 Å². The summed E-state index contributed by atoms with van der Waals surface area (Å²) in [5.74, 6) is 0.0203. The monoisotopic (exact) mass is 280 g/mol. The second-order valence-electron chi connectivity index (χ2n) is 5.58. The first-order chi connectivity index (χ1) is 9.43. The topological polar surface area (TPSA) is 74.8 Å². The van der Waals surface area contributed by atoms with Gasteiger partial charge in [0.25, 0.3) is 0 Å². The molecule has 2 heterocycles. The number of likely N-dealkylation sites (tertiary alicyclic amines) is 2. The molecule has 2 atom stereocenters. The summed E-state index contributed by atoms with van der Waals surface area (Å²) < 4.78 is 0. The zero-order chi connectivity index (χ0) is 14.9. The van der Waals surface area contributed by atoms with Gasteiger partial charge in [-0.2, -0.15) is 0 Å².